The zero-order valence-corrected chi connectivity index (χ0v) is 16.2. The van der Waals surface area contributed by atoms with Crippen LogP contribution >= 0.6 is 0 Å². The van der Waals surface area contributed by atoms with Gasteiger partial charge in [-0.25, -0.2) is 17.5 Å². The Bertz CT molecular complexity index is 1060. The van der Waals surface area contributed by atoms with Crippen LogP contribution in [0.3, 0.4) is 0 Å². The fraction of sp³-hybridized carbons (Fsp3) is 0.389. The van der Waals surface area contributed by atoms with E-state index in [4.69, 9.17) is 4.74 Å². The summed E-state index contributed by atoms with van der Waals surface area (Å²) in [4.78, 5) is 24.6. The van der Waals surface area contributed by atoms with Crippen molar-refractivity contribution < 1.29 is 27.1 Å². The lowest BCUT2D eigenvalue weighted by molar-refractivity contribution is -0.136. The molecule has 1 aromatic heterocycles. The second-order valence-corrected chi connectivity index (χ2v) is 9.06. The Hall–Kier alpha value is -2.79. The van der Waals surface area contributed by atoms with E-state index in [-0.39, 0.29) is 30.0 Å². The van der Waals surface area contributed by atoms with Gasteiger partial charge in [0.1, 0.15) is 11.6 Å². The monoisotopic (exact) mass is 422 g/mol. The third-order valence-corrected chi connectivity index (χ3v) is 6.25. The number of amides is 2. The first-order valence-electron chi connectivity index (χ1n) is 9.10. The molecule has 9 nitrogen and oxygen atoms in total. The van der Waals surface area contributed by atoms with Gasteiger partial charge < -0.3 is 15.4 Å². The van der Waals surface area contributed by atoms with Gasteiger partial charge in [0, 0.05) is 18.7 Å². The van der Waals surface area contributed by atoms with E-state index in [1.807, 2.05) is 0 Å². The molecule has 0 radical (unpaired) electrons. The second-order valence-electron chi connectivity index (χ2n) is 6.99. The minimum absolute atomic E-state index is 0.0879. The molecule has 0 spiro atoms. The summed E-state index contributed by atoms with van der Waals surface area (Å²) < 4.78 is 43.9. The van der Waals surface area contributed by atoms with Crippen LogP contribution < -0.4 is 10.6 Å². The Labute approximate surface area is 166 Å². The highest BCUT2D eigenvalue weighted by molar-refractivity contribution is 7.90. The predicted molar refractivity (Wildman–Crippen MR) is 100 cm³/mol. The van der Waals surface area contributed by atoms with Crippen LogP contribution in [0.25, 0.3) is 5.69 Å². The van der Waals surface area contributed by atoms with Gasteiger partial charge in [0.25, 0.3) is 0 Å². The summed E-state index contributed by atoms with van der Waals surface area (Å²) in [5.74, 6) is -2.72. The van der Waals surface area contributed by atoms with Gasteiger partial charge in [0.15, 0.2) is 9.84 Å². The van der Waals surface area contributed by atoms with Crippen LogP contribution in [0.4, 0.5) is 10.2 Å². The number of nitrogens with zero attached hydrogens (tertiary/aromatic N) is 2. The van der Waals surface area contributed by atoms with Gasteiger partial charge in [-0.3, -0.25) is 9.59 Å². The number of hydrogen-bond acceptors (Lipinski definition) is 6. The number of carbonyl (C=O) groups is 2. The lowest BCUT2D eigenvalue weighted by atomic mass is 10.2. The number of halogens is 1. The van der Waals surface area contributed by atoms with Gasteiger partial charge in [-0.15, -0.1) is 0 Å². The van der Waals surface area contributed by atoms with Crippen LogP contribution in [0.5, 0.6) is 0 Å². The minimum Gasteiger partial charge on any atom is -0.376 e. The van der Waals surface area contributed by atoms with E-state index >= 15 is 0 Å². The highest BCUT2D eigenvalue weighted by Gasteiger charge is 2.34. The SMILES string of the molecule is O=C(NC[C@H]1CCCO1)C(=O)Nc1c2c(nn1-c1ccc(F)cc1)CS(=O)(=O)C2. The summed E-state index contributed by atoms with van der Waals surface area (Å²) in [6.45, 7) is 0.847. The van der Waals surface area contributed by atoms with Crippen LogP contribution in [0.15, 0.2) is 24.3 Å². The van der Waals surface area contributed by atoms with E-state index in [1.165, 1.54) is 28.9 Å². The number of carbonyl (C=O) groups excluding carboxylic acids is 2. The van der Waals surface area contributed by atoms with Crippen molar-refractivity contribution in [3.63, 3.8) is 0 Å². The van der Waals surface area contributed by atoms with Crippen molar-refractivity contribution in [2.45, 2.75) is 30.5 Å². The molecule has 1 saturated heterocycles. The lowest BCUT2D eigenvalue weighted by Crippen LogP contribution is -2.39. The van der Waals surface area contributed by atoms with E-state index in [1.54, 1.807) is 0 Å². The molecule has 154 valence electrons. The first-order valence-corrected chi connectivity index (χ1v) is 10.9. The molecule has 0 bridgehead atoms. The van der Waals surface area contributed by atoms with Crippen molar-refractivity contribution >= 4 is 27.5 Å². The van der Waals surface area contributed by atoms with E-state index in [0.29, 0.717) is 23.6 Å². The van der Waals surface area contributed by atoms with E-state index < -0.39 is 27.5 Å². The average Bonchev–Trinajstić information content (AvgIpc) is 3.36. The number of fused-ring (bicyclic) bond motifs is 1. The summed E-state index contributed by atoms with van der Waals surface area (Å²) in [5.41, 5.74) is 1.05. The largest absolute Gasteiger partial charge is 0.376 e. The van der Waals surface area contributed by atoms with E-state index in [9.17, 15) is 22.4 Å². The summed E-state index contributed by atoms with van der Waals surface area (Å²) in [7, 11) is -3.37. The molecule has 29 heavy (non-hydrogen) atoms. The summed E-state index contributed by atoms with van der Waals surface area (Å²) in [6, 6.07) is 5.33. The van der Waals surface area contributed by atoms with Crippen LogP contribution in [-0.2, 0) is 35.7 Å². The van der Waals surface area contributed by atoms with Crippen molar-refractivity contribution in [1.29, 1.82) is 0 Å². The number of hydrogen-bond donors (Lipinski definition) is 2. The normalized spacial score (nSPS) is 19.7. The molecule has 1 aromatic carbocycles. The molecule has 2 N–H and O–H groups in total. The summed E-state index contributed by atoms with van der Waals surface area (Å²) in [5, 5.41) is 9.24. The van der Waals surface area contributed by atoms with E-state index in [0.717, 1.165) is 12.8 Å². The Morgan fingerprint density at radius 2 is 1.97 bits per heavy atom. The fourth-order valence-corrected chi connectivity index (χ4v) is 4.89. The maximum atomic E-state index is 13.3. The molecule has 11 heteroatoms. The van der Waals surface area contributed by atoms with Crippen molar-refractivity contribution in [2.24, 2.45) is 0 Å². The zero-order valence-electron chi connectivity index (χ0n) is 15.4. The molecule has 0 aliphatic carbocycles. The molecular weight excluding hydrogens is 403 g/mol. The lowest BCUT2D eigenvalue weighted by Gasteiger charge is -2.13. The molecule has 0 unspecified atom stereocenters. The summed E-state index contributed by atoms with van der Waals surface area (Å²) >= 11 is 0. The number of anilines is 1. The third kappa shape index (κ3) is 4.15. The van der Waals surface area contributed by atoms with E-state index in [2.05, 4.69) is 15.7 Å². The molecule has 0 saturated carbocycles. The van der Waals surface area contributed by atoms with Gasteiger partial charge in [-0.2, -0.15) is 5.10 Å². The van der Waals surface area contributed by atoms with Crippen molar-refractivity contribution in [2.75, 3.05) is 18.5 Å². The van der Waals surface area contributed by atoms with Gasteiger partial charge >= 0.3 is 11.8 Å². The molecule has 3 heterocycles. The molecule has 1 atom stereocenters. The third-order valence-electron chi connectivity index (χ3n) is 4.81. The second kappa shape index (κ2) is 7.56. The van der Waals surface area contributed by atoms with Crippen molar-refractivity contribution in [3.05, 3.63) is 41.3 Å². The maximum Gasteiger partial charge on any atom is 0.314 e. The van der Waals surface area contributed by atoms with Crippen LogP contribution in [0.2, 0.25) is 0 Å². The molecule has 4 rings (SSSR count). The maximum absolute atomic E-state index is 13.3. The van der Waals surface area contributed by atoms with Gasteiger partial charge in [-0.1, -0.05) is 0 Å². The number of benzene rings is 1. The average molecular weight is 422 g/mol. The smallest absolute Gasteiger partial charge is 0.314 e. The minimum atomic E-state index is -3.37. The van der Waals surface area contributed by atoms with Crippen LogP contribution in [0.1, 0.15) is 24.1 Å². The molecule has 1 fully saturated rings. The Kier molecular flexibility index (Phi) is 5.09. The van der Waals surface area contributed by atoms with Crippen LogP contribution in [-0.4, -0.2) is 49.3 Å². The zero-order chi connectivity index (χ0) is 20.6. The molecule has 2 amide bonds. The molecule has 2 aliphatic rings. The number of aromatic nitrogens is 2. The number of rotatable bonds is 4. The Morgan fingerprint density at radius 1 is 1.21 bits per heavy atom. The van der Waals surface area contributed by atoms with Gasteiger partial charge in [0.05, 0.1) is 29.0 Å². The van der Waals surface area contributed by atoms with Crippen molar-refractivity contribution in [3.8, 4) is 5.69 Å². The fourth-order valence-electron chi connectivity index (χ4n) is 3.40. The number of nitrogens with one attached hydrogen (secondary N) is 2. The molecule has 2 aromatic rings. The Morgan fingerprint density at radius 3 is 2.66 bits per heavy atom. The highest BCUT2D eigenvalue weighted by atomic mass is 32.2. The number of sulfone groups is 1. The Balaban J connectivity index is 1.57. The molecule has 2 aliphatic heterocycles. The van der Waals surface area contributed by atoms with Crippen molar-refractivity contribution in [1.82, 2.24) is 15.1 Å². The van der Waals surface area contributed by atoms with Gasteiger partial charge in [0.2, 0.25) is 0 Å². The first kappa shape index (κ1) is 19.5. The van der Waals surface area contributed by atoms with Gasteiger partial charge in [-0.05, 0) is 37.1 Å². The predicted octanol–water partition coefficient (Wildman–Crippen LogP) is 0.673. The summed E-state index contributed by atoms with van der Waals surface area (Å²) in [6.07, 6.45) is 1.60. The van der Waals surface area contributed by atoms with Crippen LogP contribution in [0, 0.1) is 5.82 Å². The standard InChI is InChI=1S/C18H19FN4O5S/c19-11-3-5-12(6-4-11)23-16(14-9-29(26,27)10-15(14)22-23)21-18(25)17(24)20-8-13-2-1-7-28-13/h3-6,13H,1-2,7-10H2,(H,20,24)(H,21,25)/t13-/m1/s1. The first-order chi connectivity index (χ1) is 13.8. The quantitative estimate of drug-likeness (QED) is 0.699. The topological polar surface area (TPSA) is 119 Å². The molecular formula is C18H19FN4O5S. The number of ether oxygens (including phenoxy) is 1. The highest BCUT2D eigenvalue weighted by Crippen LogP contribution is 2.32.